The molecule has 4 N–H and O–H groups in total. The normalized spacial score (nSPS) is 10.3. The van der Waals surface area contributed by atoms with Gasteiger partial charge in [-0.2, -0.15) is 4.99 Å². The first-order valence-electron chi connectivity index (χ1n) is 7.95. The van der Waals surface area contributed by atoms with E-state index in [1.54, 1.807) is 14.2 Å². The van der Waals surface area contributed by atoms with Crippen LogP contribution in [0.3, 0.4) is 0 Å². The van der Waals surface area contributed by atoms with Gasteiger partial charge in [-0.05, 0) is 54.1 Å². The summed E-state index contributed by atoms with van der Waals surface area (Å²) in [6.45, 7) is 0. The van der Waals surface area contributed by atoms with E-state index in [1.165, 1.54) is 11.3 Å². The third-order valence-corrected chi connectivity index (χ3v) is 4.85. The minimum atomic E-state index is -0.575. The molecule has 8 heteroatoms. The van der Waals surface area contributed by atoms with E-state index in [0.29, 0.717) is 5.69 Å². The minimum absolute atomic E-state index is 0.208. The molecule has 0 radical (unpaired) electrons. The summed E-state index contributed by atoms with van der Waals surface area (Å²) in [6.07, 6.45) is 0. The van der Waals surface area contributed by atoms with Crippen LogP contribution in [0.15, 0.2) is 53.5 Å². The van der Waals surface area contributed by atoms with Crippen molar-refractivity contribution in [1.29, 1.82) is 0 Å². The summed E-state index contributed by atoms with van der Waals surface area (Å²) in [5.41, 5.74) is 13.1. The van der Waals surface area contributed by atoms with E-state index >= 15 is 0 Å². The van der Waals surface area contributed by atoms with E-state index in [9.17, 15) is 4.79 Å². The van der Waals surface area contributed by atoms with Gasteiger partial charge in [-0.15, -0.1) is 11.3 Å². The zero-order valence-corrected chi connectivity index (χ0v) is 15.6. The Hall–Kier alpha value is -3.39. The summed E-state index contributed by atoms with van der Waals surface area (Å²) in [5.74, 6) is 0.601. The van der Waals surface area contributed by atoms with E-state index in [-0.39, 0.29) is 11.0 Å². The van der Waals surface area contributed by atoms with Crippen LogP contribution in [0.5, 0.6) is 11.5 Å². The van der Waals surface area contributed by atoms with Crippen molar-refractivity contribution in [3.05, 3.63) is 53.5 Å². The number of benzene rings is 2. The zero-order chi connectivity index (χ0) is 19.4. The van der Waals surface area contributed by atoms with Crippen LogP contribution in [0.1, 0.15) is 9.80 Å². The number of aliphatic imine (C=N–C) groups is 1. The van der Waals surface area contributed by atoms with Crippen molar-refractivity contribution in [2.24, 2.45) is 16.5 Å². The van der Waals surface area contributed by atoms with Crippen molar-refractivity contribution in [3.8, 4) is 33.2 Å². The summed E-state index contributed by atoms with van der Waals surface area (Å²) in [7, 11) is 3.21. The van der Waals surface area contributed by atoms with Gasteiger partial charge in [0.15, 0.2) is 11.0 Å². The number of carbonyl (C=O) groups excluding carboxylic acids is 1. The van der Waals surface area contributed by atoms with Crippen LogP contribution in [0, 0.1) is 0 Å². The Morgan fingerprint density at radius 2 is 1.44 bits per heavy atom. The van der Waals surface area contributed by atoms with Crippen LogP contribution in [-0.2, 0) is 0 Å². The zero-order valence-electron chi connectivity index (χ0n) is 14.8. The minimum Gasteiger partial charge on any atom is -0.497 e. The maximum absolute atomic E-state index is 12.2. The van der Waals surface area contributed by atoms with Crippen molar-refractivity contribution < 1.29 is 14.3 Å². The van der Waals surface area contributed by atoms with Gasteiger partial charge in [-0.1, -0.05) is 0 Å². The third-order valence-electron chi connectivity index (χ3n) is 3.76. The fourth-order valence-electron chi connectivity index (χ4n) is 2.46. The topological polar surface area (TPSA) is 113 Å². The number of guanidine groups is 1. The highest BCUT2D eigenvalue weighted by atomic mass is 32.1. The summed E-state index contributed by atoms with van der Waals surface area (Å²) in [6, 6.07) is 15.0. The van der Waals surface area contributed by atoms with E-state index in [0.717, 1.165) is 27.5 Å². The molecule has 0 fully saturated rings. The Bertz CT molecular complexity index is 910. The van der Waals surface area contributed by atoms with Gasteiger partial charge in [-0.25, -0.2) is 4.98 Å². The molecule has 0 atom stereocenters. The van der Waals surface area contributed by atoms with E-state index in [1.807, 2.05) is 48.5 Å². The lowest BCUT2D eigenvalue weighted by molar-refractivity contribution is 0.100. The molecule has 0 bridgehead atoms. The number of nitrogens with zero attached hydrogens (tertiary/aromatic N) is 2. The van der Waals surface area contributed by atoms with Gasteiger partial charge in [0, 0.05) is 5.56 Å². The molecule has 1 amide bonds. The number of hydrogen-bond donors (Lipinski definition) is 2. The Morgan fingerprint density at radius 1 is 0.926 bits per heavy atom. The van der Waals surface area contributed by atoms with Crippen LogP contribution in [0.4, 0.5) is 0 Å². The standard InChI is InChI=1S/C19H18N4O3S/c1-25-13-7-3-11(4-8-13)15-16(12-5-9-14(26-2)10-6-12)27-18(22-15)17(24)23-19(20)21/h3-10H,1-2H3,(H4,20,21,23,24). The molecule has 3 rings (SSSR count). The number of carbonyl (C=O) groups is 1. The van der Waals surface area contributed by atoms with E-state index in [4.69, 9.17) is 20.9 Å². The largest absolute Gasteiger partial charge is 0.497 e. The fraction of sp³-hybridized carbons (Fsp3) is 0.105. The lowest BCUT2D eigenvalue weighted by Crippen LogP contribution is -2.24. The van der Waals surface area contributed by atoms with Crippen LogP contribution in [0.2, 0.25) is 0 Å². The molecular weight excluding hydrogens is 364 g/mol. The molecule has 27 heavy (non-hydrogen) atoms. The molecule has 1 heterocycles. The van der Waals surface area contributed by atoms with Crippen LogP contribution in [0.25, 0.3) is 21.7 Å². The maximum atomic E-state index is 12.2. The highest BCUT2D eigenvalue weighted by molar-refractivity contribution is 7.17. The van der Waals surface area contributed by atoms with Crippen LogP contribution < -0.4 is 20.9 Å². The molecule has 0 unspecified atom stereocenters. The van der Waals surface area contributed by atoms with Crippen molar-refractivity contribution in [1.82, 2.24) is 4.98 Å². The number of aromatic nitrogens is 1. The number of methoxy groups -OCH3 is 2. The summed E-state index contributed by atoms with van der Waals surface area (Å²) >= 11 is 1.23. The molecule has 1 aromatic heterocycles. The summed E-state index contributed by atoms with van der Waals surface area (Å²) in [5, 5.41) is 0.208. The number of nitrogens with two attached hydrogens (primary N) is 2. The van der Waals surface area contributed by atoms with Crippen molar-refractivity contribution in [3.63, 3.8) is 0 Å². The van der Waals surface area contributed by atoms with Crippen LogP contribution in [-0.4, -0.2) is 31.1 Å². The molecule has 0 aliphatic heterocycles. The van der Waals surface area contributed by atoms with Crippen molar-refractivity contribution in [2.45, 2.75) is 0 Å². The molecule has 7 nitrogen and oxygen atoms in total. The fourth-order valence-corrected chi connectivity index (χ4v) is 3.44. The molecule has 0 aliphatic rings. The van der Waals surface area contributed by atoms with Gasteiger partial charge in [0.25, 0.3) is 0 Å². The lowest BCUT2D eigenvalue weighted by Gasteiger charge is -2.05. The molecule has 3 aromatic rings. The van der Waals surface area contributed by atoms with Gasteiger partial charge < -0.3 is 20.9 Å². The Balaban J connectivity index is 2.11. The first-order valence-corrected chi connectivity index (χ1v) is 8.77. The molecule has 0 spiro atoms. The summed E-state index contributed by atoms with van der Waals surface area (Å²) < 4.78 is 10.4. The number of amides is 1. The molecular formula is C19H18N4O3S. The molecule has 2 aromatic carbocycles. The average Bonchev–Trinajstić information content (AvgIpc) is 3.13. The van der Waals surface area contributed by atoms with Gasteiger partial charge in [0.05, 0.1) is 24.8 Å². The number of rotatable bonds is 5. The predicted octanol–water partition coefficient (Wildman–Crippen LogP) is 2.91. The average molecular weight is 382 g/mol. The van der Waals surface area contributed by atoms with Crippen LogP contribution >= 0.6 is 11.3 Å². The first-order chi connectivity index (χ1) is 13.0. The third kappa shape index (κ3) is 4.06. The number of ether oxygens (including phenoxy) is 2. The van der Waals surface area contributed by atoms with Gasteiger partial charge in [0.2, 0.25) is 0 Å². The molecule has 0 saturated heterocycles. The second-order valence-corrected chi connectivity index (χ2v) is 6.49. The number of hydrogen-bond acceptors (Lipinski definition) is 5. The quantitative estimate of drug-likeness (QED) is 0.518. The molecule has 0 aliphatic carbocycles. The number of thiazole rings is 1. The lowest BCUT2D eigenvalue weighted by atomic mass is 10.1. The van der Waals surface area contributed by atoms with Gasteiger partial charge in [-0.3, -0.25) is 4.79 Å². The van der Waals surface area contributed by atoms with E-state index in [2.05, 4.69) is 9.98 Å². The maximum Gasteiger partial charge on any atom is 0.309 e. The van der Waals surface area contributed by atoms with Gasteiger partial charge in [0.1, 0.15) is 11.5 Å². The second-order valence-electron chi connectivity index (χ2n) is 5.50. The van der Waals surface area contributed by atoms with Crippen molar-refractivity contribution in [2.75, 3.05) is 14.2 Å². The highest BCUT2D eigenvalue weighted by Gasteiger charge is 2.19. The first kappa shape index (κ1) is 18.4. The predicted molar refractivity (Wildman–Crippen MR) is 106 cm³/mol. The Morgan fingerprint density at radius 3 is 1.93 bits per heavy atom. The van der Waals surface area contributed by atoms with Crippen molar-refractivity contribution >= 4 is 23.2 Å². The monoisotopic (exact) mass is 382 g/mol. The Labute approximate surface area is 160 Å². The smallest absolute Gasteiger partial charge is 0.309 e. The van der Waals surface area contributed by atoms with Gasteiger partial charge >= 0.3 is 5.91 Å². The van der Waals surface area contributed by atoms with E-state index < -0.39 is 5.91 Å². The summed E-state index contributed by atoms with van der Waals surface area (Å²) in [4.78, 5) is 21.1. The highest BCUT2D eigenvalue weighted by Crippen LogP contribution is 2.38. The SMILES string of the molecule is COc1ccc(-c2nc(C(=O)N=C(N)N)sc2-c2ccc(OC)cc2)cc1. The molecule has 138 valence electrons. The second kappa shape index (κ2) is 7.88. The molecule has 0 saturated carbocycles. The Kier molecular flexibility index (Phi) is 5.37.